The number of aromatic nitrogens is 3. The van der Waals surface area contributed by atoms with Gasteiger partial charge in [0.2, 0.25) is 5.91 Å². The van der Waals surface area contributed by atoms with Crippen LogP contribution < -0.4 is 15.8 Å². The summed E-state index contributed by atoms with van der Waals surface area (Å²) in [6.07, 6.45) is 1.53. The second-order valence-electron chi connectivity index (χ2n) is 8.10. The summed E-state index contributed by atoms with van der Waals surface area (Å²) >= 11 is 0. The zero-order valence-electron chi connectivity index (χ0n) is 18.0. The molecule has 31 heavy (non-hydrogen) atoms. The third kappa shape index (κ3) is 4.32. The van der Waals surface area contributed by atoms with Gasteiger partial charge in [-0.15, -0.1) is 0 Å². The quantitative estimate of drug-likeness (QED) is 0.648. The number of benzene rings is 1. The maximum atomic E-state index is 14.0. The van der Waals surface area contributed by atoms with Crippen LogP contribution in [-0.4, -0.2) is 58.6 Å². The van der Waals surface area contributed by atoms with Gasteiger partial charge in [-0.05, 0) is 39.1 Å². The fourth-order valence-corrected chi connectivity index (χ4v) is 4.05. The van der Waals surface area contributed by atoms with Gasteiger partial charge in [0, 0.05) is 61.0 Å². The van der Waals surface area contributed by atoms with Gasteiger partial charge in [0.25, 0.3) is 5.56 Å². The smallest absolute Gasteiger partial charge is 0.276 e. The minimum Gasteiger partial charge on any atom is -0.369 e. The van der Waals surface area contributed by atoms with E-state index in [0.29, 0.717) is 16.9 Å². The van der Waals surface area contributed by atoms with Crippen molar-refractivity contribution in [3.63, 3.8) is 0 Å². The summed E-state index contributed by atoms with van der Waals surface area (Å²) in [6, 6.07) is 5.99. The van der Waals surface area contributed by atoms with Gasteiger partial charge < -0.3 is 15.1 Å². The van der Waals surface area contributed by atoms with Crippen molar-refractivity contribution < 1.29 is 9.18 Å². The van der Waals surface area contributed by atoms with Gasteiger partial charge in [-0.25, -0.2) is 13.9 Å². The Morgan fingerprint density at radius 1 is 1.26 bits per heavy atom. The van der Waals surface area contributed by atoms with Crippen LogP contribution in [0, 0.1) is 12.7 Å². The predicted octanol–water partition coefficient (Wildman–Crippen LogP) is 1.64. The van der Waals surface area contributed by atoms with E-state index in [2.05, 4.69) is 32.2 Å². The van der Waals surface area contributed by atoms with Crippen LogP contribution in [0.4, 0.5) is 10.1 Å². The predicted molar refractivity (Wildman–Crippen MR) is 117 cm³/mol. The molecule has 1 aliphatic heterocycles. The molecular weight excluding hydrogens is 399 g/mol. The molecule has 2 aromatic heterocycles. The van der Waals surface area contributed by atoms with E-state index in [0.717, 1.165) is 37.4 Å². The van der Waals surface area contributed by atoms with E-state index in [1.54, 1.807) is 25.3 Å². The molecule has 164 valence electrons. The lowest BCUT2D eigenvalue weighted by atomic mass is 10.0. The molecule has 3 aromatic rings. The Balaban J connectivity index is 1.53. The molecule has 1 atom stereocenters. The number of aryl methyl sites for hydroxylation is 1. The summed E-state index contributed by atoms with van der Waals surface area (Å²) in [5.41, 5.74) is 2.73. The van der Waals surface area contributed by atoms with Gasteiger partial charge in [0.1, 0.15) is 5.82 Å². The Morgan fingerprint density at radius 2 is 2.00 bits per heavy atom. The monoisotopic (exact) mass is 426 g/mol. The normalized spacial score (nSPS) is 15.9. The van der Waals surface area contributed by atoms with Crippen LogP contribution in [0.25, 0.3) is 5.65 Å². The number of hydrogen-bond donors (Lipinski definition) is 2. The number of hydrogen-bond acceptors (Lipinski definition) is 5. The van der Waals surface area contributed by atoms with Crippen LogP contribution in [0.5, 0.6) is 0 Å². The number of nitrogens with one attached hydrogen (secondary N) is 2. The van der Waals surface area contributed by atoms with E-state index in [1.165, 1.54) is 16.6 Å². The Kier molecular flexibility index (Phi) is 5.77. The molecule has 0 radical (unpaired) electrons. The number of piperazine rings is 1. The van der Waals surface area contributed by atoms with Crippen LogP contribution in [-0.2, 0) is 11.2 Å². The molecule has 8 nitrogen and oxygen atoms in total. The number of halogens is 1. The first-order valence-corrected chi connectivity index (χ1v) is 10.4. The number of fused-ring (bicyclic) bond motifs is 1. The lowest BCUT2D eigenvalue weighted by Crippen LogP contribution is -2.45. The van der Waals surface area contributed by atoms with Crippen LogP contribution in [0.3, 0.4) is 0 Å². The Bertz CT molecular complexity index is 1160. The summed E-state index contributed by atoms with van der Waals surface area (Å²) in [6.45, 7) is 7.09. The van der Waals surface area contributed by atoms with Gasteiger partial charge >= 0.3 is 0 Å². The number of amides is 1. The molecule has 0 aliphatic carbocycles. The van der Waals surface area contributed by atoms with E-state index in [-0.39, 0.29) is 23.7 Å². The minimum atomic E-state index is -0.414. The largest absolute Gasteiger partial charge is 0.369 e. The highest BCUT2D eigenvalue weighted by atomic mass is 19.1. The van der Waals surface area contributed by atoms with Gasteiger partial charge in [-0.3, -0.25) is 14.7 Å². The first-order valence-electron chi connectivity index (χ1n) is 10.4. The molecule has 3 heterocycles. The highest BCUT2D eigenvalue weighted by Gasteiger charge is 2.22. The van der Waals surface area contributed by atoms with E-state index >= 15 is 0 Å². The van der Waals surface area contributed by atoms with Gasteiger partial charge in [0.15, 0.2) is 5.65 Å². The van der Waals surface area contributed by atoms with Crippen molar-refractivity contribution in [2.75, 3.05) is 38.1 Å². The highest BCUT2D eigenvalue weighted by Crippen LogP contribution is 2.28. The van der Waals surface area contributed by atoms with Crippen molar-refractivity contribution in [3.8, 4) is 0 Å². The van der Waals surface area contributed by atoms with Gasteiger partial charge in [0.05, 0.1) is 12.5 Å². The molecule has 9 heteroatoms. The number of H-pyrrole nitrogens is 1. The standard InChI is InChI=1S/C22H27FN6O2/c1-14(17-12-16(23)4-5-19(17)28-10-8-27(3)9-11-28)26-21(30)13-18-15(2)25-20-6-7-24-29(20)22(18)31/h4-7,12,14,24H,8-11,13H2,1-3H3,(H,26,30). The number of likely N-dealkylation sites (N-methyl/N-ethyl adjacent to an activating group) is 1. The van der Waals surface area contributed by atoms with Crippen LogP contribution in [0.1, 0.15) is 29.8 Å². The second-order valence-corrected chi connectivity index (χ2v) is 8.10. The number of carbonyl (C=O) groups is 1. The van der Waals surface area contributed by atoms with Crippen molar-refractivity contribution in [3.05, 3.63) is 63.5 Å². The minimum absolute atomic E-state index is 0.0941. The molecule has 1 aliphatic rings. The van der Waals surface area contributed by atoms with E-state index < -0.39 is 6.04 Å². The molecule has 4 rings (SSSR count). The van der Waals surface area contributed by atoms with Crippen molar-refractivity contribution in [1.29, 1.82) is 0 Å². The number of aromatic amines is 1. The molecule has 0 bridgehead atoms. The lowest BCUT2D eigenvalue weighted by molar-refractivity contribution is -0.121. The maximum Gasteiger partial charge on any atom is 0.276 e. The summed E-state index contributed by atoms with van der Waals surface area (Å²) < 4.78 is 15.4. The number of nitrogens with zero attached hydrogens (tertiary/aromatic N) is 4. The fourth-order valence-electron chi connectivity index (χ4n) is 4.05. The zero-order chi connectivity index (χ0) is 22.1. The molecular formula is C22H27FN6O2. The summed E-state index contributed by atoms with van der Waals surface area (Å²) in [7, 11) is 2.08. The van der Waals surface area contributed by atoms with E-state index in [9.17, 15) is 14.0 Å². The average Bonchev–Trinajstić information content (AvgIpc) is 3.20. The van der Waals surface area contributed by atoms with Crippen molar-refractivity contribution in [2.24, 2.45) is 0 Å². The van der Waals surface area contributed by atoms with Crippen LogP contribution >= 0.6 is 0 Å². The van der Waals surface area contributed by atoms with E-state index in [1.807, 2.05) is 6.92 Å². The fraction of sp³-hybridized carbons (Fsp3) is 0.409. The summed E-state index contributed by atoms with van der Waals surface area (Å²) in [5.74, 6) is -0.654. The number of rotatable bonds is 5. The second kappa shape index (κ2) is 8.50. The third-order valence-electron chi connectivity index (χ3n) is 5.86. The lowest BCUT2D eigenvalue weighted by Gasteiger charge is -2.36. The molecule has 0 spiro atoms. The molecule has 1 amide bonds. The molecule has 1 fully saturated rings. The first-order chi connectivity index (χ1) is 14.8. The Labute approximate surface area is 179 Å². The van der Waals surface area contributed by atoms with Crippen molar-refractivity contribution in [2.45, 2.75) is 26.3 Å². The molecule has 1 saturated heterocycles. The molecule has 2 N–H and O–H groups in total. The van der Waals surface area contributed by atoms with Gasteiger partial charge in [-0.1, -0.05) is 0 Å². The first kappa shape index (κ1) is 21.0. The molecule has 0 saturated carbocycles. The summed E-state index contributed by atoms with van der Waals surface area (Å²) in [4.78, 5) is 34.3. The Hall–Kier alpha value is -3.20. The topological polar surface area (TPSA) is 85.7 Å². The zero-order valence-corrected chi connectivity index (χ0v) is 18.0. The van der Waals surface area contributed by atoms with E-state index in [4.69, 9.17) is 0 Å². The number of anilines is 1. The number of carbonyl (C=O) groups excluding carboxylic acids is 1. The maximum absolute atomic E-state index is 14.0. The molecule has 1 unspecified atom stereocenters. The highest BCUT2D eigenvalue weighted by molar-refractivity contribution is 5.79. The summed E-state index contributed by atoms with van der Waals surface area (Å²) in [5, 5.41) is 5.74. The molecule has 1 aromatic carbocycles. The third-order valence-corrected chi connectivity index (χ3v) is 5.86. The van der Waals surface area contributed by atoms with Crippen molar-refractivity contribution >= 4 is 17.2 Å². The van der Waals surface area contributed by atoms with Crippen molar-refractivity contribution in [1.82, 2.24) is 24.8 Å². The van der Waals surface area contributed by atoms with Gasteiger partial charge in [-0.2, -0.15) is 0 Å². The Morgan fingerprint density at radius 3 is 2.74 bits per heavy atom. The SMILES string of the molecule is Cc1nc2cc[nH]n2c(=O)c1CC(=O)NC(C)c1cc(F)ccc1N1CCN(C)CC1. The average molecular weight is 426 g/mol. The van der Waals surface area contributed by atoms with Crippen LogP contribution in [0.2, 0.25) is 0 Å². The van der Waals surface area contributed by atoms with Crippen LogP contribution in [0.15, 0.2) is 35.3 Å².